The predicted octanol–water partition coefficient (Wildman–Crippen LogP) is 0.831. The lowest BCUT2D eigenvalue weighted by Crippen LogP contribution is -2.23. The van der Waals surface area contributed by atoms with E-state index in [0.29, 0.717) is 0 Å². The van der Waals surface area contributed by atoms with Crippen molar-refractivity contribution in [3.63, 3.8) is 0 Å². The first kappa shape index (κ1) is 10.4. The summed E-state index contributed by atoms with van der Waals surface area (Å²) in [5.41, 5.74) is 4.53. The fourth-order valence-electron chi connectivity index (χ4n) is 2.34. The summed E-state index contributed by atoms with van der Waals surface area (Å²) in [7, 11) is 1.98. The lowest BCUT2D eigenvalue weighted by atomic mass is 10.1. The smallest absolute Gasteiger partial charge is 0.125 e. The number of aromatic nitrogens is 4. The molecule has 88 valence electrons. The number of rotatable bonds is 1. The maximum atomic E-state index is 4.57. The van der Waals surface area contributed by atoms with Crippen molar-refractivity contribution in [2.75, 3.05) is 6.54 Å². The van der Waals surface area contributed by atoms with Gasteiger partial charge in [0.15, 0.2) is 0 Å². The van der Waals surface area contributed by atoms with Gasteiger partial charge in [0.25, 0.3) is 0 Å². The van der Waals surface area contributed by atoms with E-state index in [2.05, 4.69) is 20.4 Å². The van der Waals surface area contributed by atoms with Gasteiger partial charge in [0.2, 0.25) is 0 Å². The Labute approximate surface area is 99.9 Å². The molecule has 1 N–H and O–H groups in total. The van der Waals surface area contributed by atoms with Crippen LogP contribution in [0.4, 0.5) is 0 Å². The van der Waals surface area contributed by atoms with Crippen LogP contribution >= 0.6 is 0 Å². The van der Waals surface area contributed by atoms with Gasteiger partial charge in [0, 0.05) is 38.3 Å². The Balaban J connectivity index is 2.17. The SMILES string of the molecule is Cc1nccc(-c2c3c(nn2C)CCNC3)n1. The third-order valence-electron chi connectivity index (χ3n) is 3.09. The van der Waals surface area contributed by atoms with Crippen LogP contribution in [0.5, 0.6) is 0 Å². The number of nitrogens with one attached hydrogen (secondary N) is 1. The van der Waals surface area contributed by atoms with Crippen molar-refractivity contribution >= 4 is 0 Å². The zero-order valence-electron chi connectivity index (χ0n) is 10.1. The van der Waals surface area contributed by atoms with Gasteiger partial charge in [-0.2, -0.15) is 5.10 Å². The van der Waals surface area contributed by atoms with Crippen LogP contribution in [-0.2, 0) is 20.0 Å². The van der Waals surface area contributed by atoms with E-state index in [-0.39, 0.29) is 0 Å². The molecule has 5 nitrogen and oxygen atoms in total. The third-order valence-corrected chi connectivity index (χ3v) is 3.09. The summed E-state index contributed by atoms with van der Waals surface area (Å²) in [6, 6.07) is 1.94. The zero-order chi connectivity index (χ0) is 11.8. The predicted molar refractivity (Wildman–Crippen MR) is 64.4 cm³/mol. The molecule has 3 heterocycles. The number of hydrogen-bond donors (Lipinski definition) is 1. The average molecular weight is 229 g/mol. The molecule has 0 saturated carbocycles. The summed E-state index contributed by atoms with van der Waals surface area (Å²) in [6.07, 6.45) is 2.79. The van der Waals surface area contributed by atoms with Crippen molar-refractivity contribution in [1.82, 2.24) is 25.1 Å². The lowest BCUT2D eigenvalue weighted by molar-refractivity contribution is 0.633. The van der Waals surface area contributed by atoms with Gasteiger partial charge in [-0.1, -0.05) is 0 Å². The van der Waals surface area contributed by atoms with E-state index in [9.17, 15) is 0 Å². The minimum atomic E-state index is 0.793. The van der Waals surface area contributed by atoms with Gasteiger partial charge < -0.3 is 5.32 Å². The van der Waals surface area contributed by atoms with E-state index in [1.165, 1.54) is 11.3 Å². The zero-order valence-corrected chi connectivity index (χ0v) is 10.1. The van der Waals surface area contributed by atoms with E-state index < -0.39 is 0 Å². The molecule has 0 unspecified atom stereocenters. The fraction of sp³-hybridized carbons (Fsp3) is 0.417. The highest BCUT2D eigenvalue weighted by molar-refractivity contribution is 5.60. The number of aryl methyl sites for hydroxylation is 2. The van der Waals surface area contributed by atoms with E-state index in [4.69, 9.17) is 0 Å². The van der Waals surface area contributed by atoms with Gasteiger partial charge in [-0.3, -0.25) is 4.68 Å². The quantitative estimate of drug-likeness (QED) is 0.787. The minimum Gasteiger partial charge on any atom is -0.312 e. The molecule has 0 fully saturated rings. The standard InChI is InChI=1S/C12H15N5/c1-8-14-6-4-11(15-8)12-9-7-13-5-3-10(9)16-17(12)2/h4,6,13H,3,5,7H2,1-2H3. The first-order valence-electron chi connectivity index (χ1n) is 5.81. The summed E-state index contributed by atoms with van der Waals surface area (Å²) in [4.78, 5) is 8.62. The molecule has 3 rings (SSSR count). The van der Waals surface area contributed by atoms with Crippen molar-refractivity contribution in [1.29, 1.82) is 0 Å². The molecule has 2 aromatic heterocycles. The second-order valence-electron chi connectivity index (χ2n) is 4.31. The Morgan fingerprint density at radius 1 is 1.41 bits per heavy atom. The Hall–Kier alpha value is -1.75. The largest absolute Gasteiger partial charge is 0.312 e. The van der Waals surface area contributed by atoms with E-state index in [1.807, 2.05) is 24.7 Å². The molecule has 17 heavy (non-hydrogen) atoms. The molecule has 5 heteroatoms. The van der Waals surface area contributed by atoms with Crippen molar-refractivity contribution in [2.45, 2.75) is 19.9 Å². The molecule has 1 aliphatic heterocycles. The normalized spacial score (nSPS) is 14.7. The monoisotopic (exact) mass is 229 g/mol. The molecule has 0 saturated heterocycles. The first-order chi connectivity index (χ1) is 8.25. The Kier molecular flexibility index (Phi) is 2.40. The van der Waals surface area contributed by atoms with Crippen LogP contribution in [0.3, 0.4) is 0 Å². The molecule has 2 aromatic rings. The van der Waals surface area contributed by atoms with E-state index in [0.717, 1.165) is 36.7 Å². The van der Waals surface area contributed by atoms with Gasteiger partial charge in [-0.25, -0.2) is 9.97 Å². The highest BCUT2D eigenvalue weighted by Crippen LogP contribution is 2.26. The highest BCUT2D eigenvalue weighted by Gasteiger charge is 2.20. The molecule has 0 aliphatic carbocycles. The lowest BCUT2D eigenvalue weighted by Gasteiger charge is -2.12. The van der Waals surface area contributed by atoms with Crippen LogP contribution in [0.2, 0.25) is 0 Å². The Morgan fingerprint density at radius 2 is 2.29 bits per heavy atom. The number of hydrogen-bond acceptors (Lipinski definition) is 4. The summed E-state index contributed by atoms with van der Waals surface area (Å²) >= 11 is 0. The van der Waals surface area contributed by atoms with Gasteiger partial charge in [-0.05, 0) is 13.0 Å². The minimum absolute atomic E-state index is 0.793. The highest BCUT2D eigenvalue weighted by atomic mass is 15.3. The van der Waals surface area contributed by atoms with Crippen molar-refractivity contribution in [2.24, 2.45) is 7.05 Å². The maximum Gasteiger partial charge on any atom is 0.125 e. The van der Waals surface area contributed by atoms with Gasteiger partial charge >= 0.3 is 0 Å². The van der Waals surface area contributed by atoms with Crippen LogP contribution in [-0.4, -0.2) is 26.3 Å². The third kappa shape index (κ3) is 1.72. The summed E-state index contributed by atoms with van der Waals surface area (Å²) in [6.45, 7) is 3.79. The van der Waals surface area contributed by atoms with Gasteiger partial charge in [-0.15, -0.1) is 0 Å². The van der Waals surface area contributed by atoms with Crippen LogP contribution in [0.25, 0.3) is 11.4 Å². The number of nitrogens with zero attached hydrogens (tertiary/aromatic N) is 4. The van der Waals surface area contributed by atoms with Crippen LogP contribution < -0.4 is 5.32 Å². The second kappa shape index (κ2) is 3.92. The number of fused-ring (bicyclic) bond motifs is 1. The van der Waals surface area contributed by atoms with Crippen LogP contribution in [0.1, 0.15) is 17.1 Å². The molecule has 0 spiro atoms. The molecule has 1 aliphatic rings. The molecule has 0 amide bonds. The maximum absolute atomic E-state index is 4.57. The molecule has 0 bridgehead atoms. The van der Waals surface area contributed by atoms with E-state index in [1.54, 1.807) is 6.20 Å². The average Bonchev–Trinajstić information content (AvgIpc) is 2.64. The molecule has 0 atom stereocenters. The fourth-order valence-corrected chi connectivity index (χ4v) is 2.34. The van der Waals surface area contributed by atoms with Crippen LogP contribution in [0, 0.1) is 6.92 Å². The summed E-state index contributed by atoms with van der Waals surface area (Å²) in [5, 5.41) is 7.96. The topological polar surface area (TPSA) is 55.6 Å². The van der Waals surface area contributed by atoms with Gasteiger partial charge in [0.05, 0.1) is 17.1 Å². The Morgan fingerprint density at radius 3 is 3.12 bits per heavy atom. The Bertz CT molecular complexity index is 558. The molecular weight excluding hydrogens is 214 g/mol. The summed E-state index contributed by atoms with van der Waals surface area (Å²) < 4.78 is 1.93. The van der Waals surface area contributed by atoms with Gasteiger partial charge in [0.1, 0.15) is 5.82 Å². The molecule has 0 radical (unpaired) electrons. The summed E-state index contributed by atoms with van der Waals surface area (Å²) in [5.74, 6) is 0.793. The molecule has 0 aromatic carbocycles. The van der Waals surface area contributed by atoms with Crippen LogP contribution in [0.15, 0.2) is 12.3 Å². The van der Waals surface area contributed by atoms with Crippen molar-refractivity contribution in [3.05, 3.63) is 29.3 Å². The molecular formula is C12H15N5. The van der Waals surface area contributed by atoms with Crippen molar-refractivity contribution in [3.8, 4) is 11.4 Å². The van der Waals surface area contributed by atoms with Crippen molar-refractivity contribution < 1.29 is 0 Å². The van der Waals surface area contributed by atoms with E-state index >= 15 is 0 Å². The first-order valence-corrected chi connectivity index (χ1v) is 5.81. The second-order valence-corrected chi connectivity index (χ2v) is 4.31.